The molecule has 2 heteroatoms. The van der Waals surface area contributed by atoms with E-state index in [-0.39, 0.29) is 0 Å². The van der Waals surface area contributed by atoms with Crippen LogP contribution in [0.25, 0.3) is 0 Å². The predicted molar refractivity (Wildman–Crippen MR) is 45.7 cm³/mol. The second-order valence-electron chi connectivity index (χ2n) is 4.08. The molecule has 0 spiro atoms. The minimum Gasteiger partial charge on any atom is -0.481 e. The quantitative estimate of drug-likeness (QED) is 0.637. The largest absolute Gasteiger partial charge is 0.481 e. The molecule has 1 fully saturated rings. The maximum absolute atomic E-state index is 10.5. The third-order valence-corrected chi connectivity index (χ3v) is 3.00. The van der Waals surface area contributed by atoms with Crippen molar-refractivity contribution >= 4 is 5.97 Å². The van der Waals surface area contributed by atoms with E-state index in [1.54, 1.807) is 0 Å². The predicted octanol–water partition coefficient (Wildman–Crippen LogP) is 2.06. The Labute approximate surface area is 72.3 Å². The van der Waals surface area contributed by atoms with Crippen molar-refractivity contribution in [3.05, 3.63) is 12.2 Å². The number of carboxylic acid groups (broad SMARTS) is 1. The minimum atomic E-state index is -0.638. The van der Waals surface area contributed by atoms with Gasteiger partial charge in [0.25, 0.3) is 0 Å². The van der Waals surface area contributed by atoms with Crippen molar-refractivity contribution in [1.82, 2.24) is 0 Å². The molecule has 2 bridgehead atoms. The van der Waals surface area contributed by atoms with Crippen molar-refractivity contribution in [2.24, 2.45) is 17.8 Å². The van der Waals surface area contributed by atoms with Crippen LogP contribution in [0.1, 0.15) is 25.7 Å². The van der Waals surface area contributed by atoms with Gasteiger partial charge < -0.3 is 5.11 Å². The van der Waals surface area contributed by atoms with Crippen LogP contribution in [0.3, 0.4) is 0 Å². The van der Waals surface area contributed by atoms with Gasteiger partial charge in [0.1, 0.15) is 0 Å². The first-order chi connectivity index (χ1) is 5.74. The lowest BCUT2D eigenvalue weighted by atomic mass is 9.79. The average Bonchev–Trinajstić information content (AvgIpc) is 2.29. The summed E-state index contributed by atoms with van der Waals surface area (Å²) in [6, 6.07) is 0. The fraction of sp³-hybridized carbons (Fsp3) is 0.700. The SMILES string of the molecule is O=C(O)CC1CC2C=CC(C2)C1. The monoisotopic (exact) mass is 166 g/mol. The molecule has 2 rings (SSSR count). The molecular formula is C10H14O2. The lowest BCUT2D eigenvalue weighted by molar-refractivity contribution is -0.138. The highest BCUT2D eigenvalue weighted by atomic mass is 16.4. The van der Waals surface area contributed by atoms with E-state index in [1.807, 2.05) is 0 Å². The summed E-state index contributed by atoms with van der Waals surface area (Å²) in [5.74, 6) is 1.17. The molecule has 0 aliphatic heterocycles. The molecule has 12 heavy (non-hydrogen) atoms. The first kappa shape index (κ1) is 7.84. The third kappa shape index (κ3) is 1.52. The second-order valence-corrected chi connectivity index (χ2v) is 4.08. The molecule has 0 amide bonds. The number of aliphatic carboxylic acids is 1. The van der Waals surface area contributed by atoms with Crippen LogP contribution in [-0.2, 0) is 4.79 Å². The second kappa shape index (κ2) is 2.92. The summed E-state index contributed by atoms with van der Waals surface area (Å²) < 4.78 is 0. The summed E-state index contributed by atoms with van der Waals surface area (Å²) in [4.78, 5) is 10.5. The molecular weight excluding hydrogens is 152 g/mol. The maximum atomic E-state index is 10.5. The fourth-order valence-corrected chi connectivity index (χ4v) is 2.58. The summed E-state index contributed by atoms with van der Waals surface area (Å²) in [6.07, 6.45) is 8.38. The van der Waals surface area contributed by atoms with E-state index in [1.165, 1.54) is 6.42 Å². The Balaban J connectivity index is 1.92. The Morgan fingerprint density at radius 3 is 2.33 bits per heavy atom. The number of allylic oxidation sites excluding steroid dienone is 2. The van der Waals surface area contributed by atoms with Gasteiger partial charge in [0.05, 0.1) is 0 Å². The van der Waals surface area contributed by atoms with Gasteiger partial charge in [-0.25, -0.2) is 0 Å². The molecule has 0 saturated heterocycles. The van der Waals surface area contributed by atoms with Crippen LogP contribution < -0.4 is 0 Å². The first-order valence-corrected chi connectivity index (χ1v) is 4.64. The zero-order valence-electron chi connectivity index (χ0n) is 7.07. The average molecular weight is 166 g/mol. The molecule has 1 N–H and O–H groups in total. The smallest absolute Gasteiger partial charge is 0.303 e. The van der Waals surface area contributed by atoms with Crippen molar-refractivity contribution in [3.63, 3.8) is 0 Å². The van der Waals surface area contributed by atoms with Gasteiger partial charge in [-0.3, -0.25) is 4.79 Å². The lowest BCUT2D eigenvalue weighted by Gasteiger charge is -2.26. The minimum absolute atomic E-state index is 0.370. The van der Waals surface area contributed by atoms with Gasteiger partial charge in [0.15, 0.2) is 0 Å². The van der Waals surface area contributed by atoms with Crippen LogP contribution >= 0.6 is 0 Å². The standard InChI is InChI=1S/C10H14O2/c11-10(12)6-9-4-7-1-2-8(3-7)5-9/h1-2,7-9H,3-6H2,(H,11,12). The summed E-state index contributed by atoms with van der Waals surface area (Å²) in [5.41, 5.74) is 0. The highest BCUT2D eigenvalue weighted by molar-refractivity contribution is 5.67. The van der Waals surface area contributed by atoms with Crippen LogP contribution in [-0.4, -0.2) is 11.1 Å². The first-order valence-electron chi connectivity index (χ1n) is 4.64. The van der Waals surface area contributed by atoms with Crippen molar-refractivity contribution < 1.29 is 9.90 Å². The van der Waals surface area contributed by atoms with Gasteiger partial charge in [-0.1, -0.05) is 12.2 Å². The van der Waals surface area contributed by atoms with Crippen LogP contribution in [0.2, 0.25) is 0 Å². The van der Waals surface area contributed by atoms with Crippen LogP contribution in [0.15, 0.2) is 12.2 Å². The maximum Gasteiger partial charge on any atom is 0.303 e. The number of hydrogen-bond donors (Lipinski definition) is 1. The molecule has 2 aliphatic carbocycles. The van der Waals surface area contributed by atoms with Gasteiger partial charge in [0, 0.05) is 6.42 Å². The van der Waals surface area contributed by atoms with Crippen molar-refractivity contribution in [2.75, 3.05) is 0 Å². The molecule has 1 saturated carbocycles. The van der Waals surface area contributed by atoms with Crippen LogP contribution in [0.5, 0.6) is 0 Å². The zero-order valence-corrected chi connectivity index (χ0v) is 7.07. The number of carbonyl (C=O) groups is 1. The third-order valence-electron chi connectivity index (χ3n) is 3.00. The van der Waals surface area contributed by atoms with Gasteiger partial charge >= 0.3 is 5.97 Å². The highest BCUT2D eigenvalue weighted by Crippen LogP contribution is 2.40. The number of hydrogen-bond acceptors (Lipinski definition) is 1. The number of fused-ring (bicyclic) bond motifs is 2. The molecule has 0 heterocycles. The summed E-state index contributed by atoms with van der Waals surface area (Å²) in [5, 5.41) is 8.64. The Kier molecular flexibility index (Phi) is 1.91. The van der Waals surface area contributed by atoms with E-state index in [0.717, 1.165) is 12.8 Å². The van der Waals surface area contributed by atoms with E-state index < -0.39 is 5.97 Å². The fourth-order valence-electron chi connectivity index (χ4n) is 2.58. The highest BCUT2D eigenvalue weighted by Gasteiger charge is 2.30. The lowest BCUT2D eigenvalue weighted by Crippen LogP contribution is -2.19. The Morgan fingerprint density at radius 2 is 1.83 bits per heavy atom. The summed E-state index contributed by atoms with van der Waals surface area (Å²) in [6.45, 7) is 0. The van der Waals surface area contributed by atoms with Crippen molar-refractivity contribution in [1.29, 1.82) is 0 Å². The van der Waals surface area contributed by atoms with Gasteiger partial charge in [-0.15, -0.1) is 0 Å². The Hall–Kier alpha value is -0.790. The summed E-state index contributed by atoms with van der Waals surface area (Å²) >= 11 is 0. The van der Waals surface area contributed by atoms with E-state index in [0.29, 0.717) is 24.2 Å². The van der Waals surface area contributed by atoms with E-state index in [9.17, 15) is 4.79 Å². The van der Waals surface area contributed by atoms with E-state index in [2.05, 4.69) is 12.2 Å². The number of rotatable bonds is 2. The van der Waals surface area contributed by atoms with E-state index in [4.69, 9.17) is 5.11 Å². The van der Waals surface area contributed by atoms with Gasteiger partial charge in [-0.05, 0) is 37.0 Å². The van der Waals surface area contributed by atoms with Gasteiger partial charge in [0.2, 0.25) is 0 Å². The van der Waals surface area contributed by atoms with Crippen molar-refractivity contribution in [3.8, 4) is 0 Å². The molecule has 0 aromatic carbocycles. The Bertz CT molecular complexity index is 206. The normalized spacial score (nSPS) is 38.5. The molecule has 66 valence electrons. The van der Waals surface area contributed by atoms with Gasteiger partial charge in [-0.2, -0.15) is 0 Å². The number of carboxylic acids is 1. The molecule has 0 aromatic rings. The van der Waals surface area contributed by atoms with E-state index >= 15 is 0 Å². The van der Waals surface area contributed by atoms with Crippen LogP contribution in [0.4, 0.5) is 0 Å². The summed E-state index contributed by atoms with van der Waals surface area (Å²) in [7, 11) is 0. The van der Waals surface area contributed by atoms with Crippen LogP contribution in [0, 0.1) is 17.8 Å². The van der Waals surface area contributed by atoms with Crippen molar-refractivity contribution in [2.45, 2.75) is 25.7 Å². The topological polar surface area (TPSA) is 37.3 Å². The zero-order chi connectivity index (χ0) is 8.55. The molecule has 2 nitrogen and oxygen atoms in total. The Morgan fingerprint density at radius 1 is 1.25 bits per heavy atom. The molecule has 2 unspecified atom stereocenters. The molecule has 0 radical (unpaired) electrons. The molecule has 2 aliphatic rings. The molecule has 2 atom stereocenters. The molecule has 0 aromatic heterocycles.